The highest BCUT2D eigenvalue weighted by molar-refractivity contribution is 5.84. The zero-order valence-corrected chi connectivity index (χ0v) is 13.9. The number of amides is 1. The maximum atomic E-state index is 12.5. The van der Waals surface area contributed by atoms with Crippen LogP contribution < -0.4 is 5.32 Å². The molecule has 0 spiro atoms. The monoisotopic (exact) mass is 296 g/mol. The summed E-state index contributed by atoms with van der Waals surface area (Å²) in [6.45, 7) is 9.11. The molecule has 1 amide bonds. The molecule has 1 saturated carbocycles. The highest BCUT2D eigenvalue weighted by Crippen LogP contribution is 2.28. The fraction of sp³-hybridized carbons (Fsp3) is 0.941. The van der Waals surface area contributed by atoms with Crippen molar-refractivity contribution < 1.29 is 9.53 Å². The standard InChI is InChI=1S/C17H32N2O2/c1-4-6-15-17(20)19(16(18-15)11-13(2)3)9-5-10-21-12-14-7-8-14/h13-16,18H,4-12H2,1-3H3. The number of nitrogens with zero attached hydrogens (tertiary/aromatic N) is 1. The summed E-state index contributed by atoms with van der Waals surface area (Å²) in [7, 11) is 0. The average molecular weight is 296 g/mol. The number of nitrogens with one attached hydrogen (secondary N) is 1. The van der Waals surface area contributed by atoms with Gasteiger partial charge in [-0.05, 0) is 43.9 Å². The quantitative estimate of drug-likeness (QED) is 0.630. The Hall–Kier alpha value is -0.610. The number of hydrogen-bond donors (Lipinski definition) is 1. The smallest absolute Gasteiger partial charge is 0.241 e. The normalized spacial score (nSPS) is 26.1. The molecular weight excluding hydrogens is 264 g/mol. The van der Waals surface area contributed by atoms with Gasteiger partial charge in [-0.15, -0.1) is 0 Å². The molecule has 0 aromatic heterocycles. The van der Waals surface area contributed by atoms with Crippen molar-refractivity contribution in [3.63, 3.8) is 0 Å². The summed E-state index contributed by atoms with van der Waals surface area (Å²) in [5, 5.41) is 3.53. The highest BCUT2D eigenvalue weighted by atomic mass is 16.5. The summed E-state index contributed by atoms with van der Waals surface area (Å²) < 4.78 is 5.68. The minimum absolute atomic E-state index is 0.0335. The van der Waals surface area contributed by atoms with Crippen molar-refractivity contribution in [3.05, 3.63) is 0 Å². The number of carbonyl (C=O) groups is 1. The van der Waals surface area contributed by atoms with Crippen LogP contribution >= 0.6 is 0 Å². The van der Waals surface area contributed by atoms with E-state index in [1.54, 1.807) is 0 Å². The van der Waals surface area contributed by atoms with Crippen molar-refractivity contribution >= 4 is 5.91 Å². The van der Waals surface area contributed by atoms with Crippen LogP contribution in [-0.4, -0.2) is 42.8 Å². The molecule has 1 aliphatic carbocycles. The minimum atomic E-state index is 0.0335. The van der Waals surface area contributed by atoms with E-state index in [2.05, 4.69) is 31.0 Å². The Bertz CT molecular complexity index is 329. The lowest BCUT2D eigenvalue weighted by Gasteiger charge is -2.25. The van der Waals surface area contributed by atoms with Gasteiger partial charge in [0.1, 0.15) is 0 Å². The number of carbonyl (C=O) groups excluding carboxylic acids is 1. The van der Waals surface area contributed by atoms with Gasteiger partial charge in [-0.3, -0.25) is 10.1 Å². The maximum Gasteiger partial charge on any atom is 0.241 e. The SMILES string of the molecule is CCCC1NC(CC(C)C)N(CCCOCC2CC2)C1=O. The van der Waals surface area contributed by atoms with Crippen molar-refractivity contribution in [2.24, 2.45) is 11.8 Å². The Balaban J connectivity index is 1.75. The van der Waals surface area contributed by atoms with Crippen LogP contribution in [0.15, 0.2) is 0 Å². The first kappa shape index (κ1) is 16.8. The van der Waals surface area contributed by atoms with Gasteiger partial charge < -0.3 is 9.64 Å². The second-order valence-corrected chi connectivity index (χ2v) is 7.06. The summed E-state index contributed by atoms with van der Waals surface area (Å²) in [6.07, 6.45) is 6.88. The van der Waals surface area contributed by atoms with Crippen LogP contribution in [0.2, 0.25) is 0 Å². The summed E-state index contributed by atoms with van der Waals surface area (Å²) in [4.78, 5) is 14.5. The molecule has 0 radical (unpaired) electrons. The molecule has 2 unspecified atom stereocenters. The lowest BCUT2D eigenvalue weighted by molar-refractivity contribution is -0.130. The lowest BCUT2D eigenvalue weighted by Crippen LogP contribution is -2.39. The van der Waals surface area contributed by atoms with Gasteiger partial charge in [-0.1, -0.05) is 27.2 Å². The van der Waals surface area contributed by atoms with E-state index in [-0.39, 0.29) is 12.2 Å². The molecule has 1 N–H and O–H groups in total. The van der Waals surface area contributed by atoms with E-state index >= 15 is 0 Å². The fourth-order valence-corrected chi connectivity index (χ4v) is 3.02. The molecule has 1 heterocycles. The van der Waals surface area contributed by atoms with E-state index in [0.717, 1.165) is 51.4 Å². The molecule has 2 atom stereocenters. The van der Waals surface area contributed by atoms with Gasteiger partial charge in [0.15, 0.2) is 0 Å². The van der Waals surface area contributed by atoms with Gasteiger partial charge in [-0.2, -0.15) is 0 Å². The molecule has 21 heavy (non-hydrogen) atoms. The third-order valence-corrected chi connectivity index (χ3v) is 4.36. The van der Waals surface area contributed by atoms with Gasteiger partial charge in [0, 0.05) is 19.8 Å². The fourth-order valence-electron chi connectivity index (χ4n) is 3.02. The first-order valence-electron chi connectivity index (χ1n) is 8.76. The Morgan fingerprint density at radius 3 is 2.76 bits per heavy atom. The molecule has 1 aliphatic heterocycles. The molecule has 0 aromatic carbocycles. The van der Waals surface area contributed by atoms with Crippen molar-refractivity contribution in [3.8, 4) is 0 Å². The van der Waals surface area contributed by atoms with Crippen LogP contribution in [0, 0.1) is 11.8 Å². The molecular formula is C17H32N2O2. The van der Waals surface area contributed by atoms with Crippen LogP contribution in [0.1, 0.15) is 59.3 Å². The highest BCUT2D eigenvalue weighted by Gasteiger charge is 2.37. The third-order valence-electron chi connectivity index (χ3n) is 4.36. The second-order valence-electron chi connectivity index (χ2n) is 7.06. The Labute approximate surface area is 129 Å². The maximum absolute atomic E-state index is 12.5. The van der Waals surface area contributed by atoms with Crippen molar-refractivity contribution in [1.29, 1.82) is 0 Å². The topological polar surface area (TPSA) is 41.6 Å². The van der Waals surface area contributed by atoms with Crippen molar-refractivity contribution in [2.75, 3.05) is 19.8 Å². The minimum Gasteiger partial charge on any atom is -0.381 e. The zero-order valence-electron chi connectivity index (χ0n) is 13.9. The Morgan fingerprint density at radius 1 is 1.38 bits per heavy atom. The van der Waals surface area contributed by atoms with E-state index in [9.17, 15) is 4.79 Å². The molecule has 1 saturated heterocycles. The molecule has 0 bridgehead atoms. The predicted molar refractivity (Wildman–Crippen MR) is 84.9 cm³/mol. The molecule has 4 heteroatoms. The van der Waals surface area contributed by atoms with Crippen LogP contribution in [0.25, 0.3) is 0 Å². The second kappa shape index (κ2) is 8.14. The number of ether oxygens (including phenoxy) is 1. The van der Waals surface area contributed by atoms with Gasteiger partial charge in [-0.25, -0.2) is 0 Å². The molecule has 122 valence electrons. The predicted octanol–water partition coefficient (Wildman–Crippen LogP) is 2.78. The lowest BCUT2D eigenvalue weighted by atomic mass is 10.1. The van der Waals surface area contributed by atoms with Gasteiger partial charge in [0.25, 0.3) is 0 Å². The molecule has 4 nitrogen and oxygen atoms in total. The van der Waals surface area contributed by atoms with E-state index in [0.29, 0.717) is 11.8 Å². The first-order chi connectivity index (χ1) is 10.1. The average Bonchev–Trinajstić information content (AvgIpc) is 3.20. The van der Waals surface area contributed by atoms with Gasteiger partial charge in [0.2, 0.25) is 5.91 Å². The molecule has 2 rings (SSSR count). The number of rotatable bonds is 10. The third kappa shape index (κ3) is 5.26. The largest absolute Gasteiger partial charge is 0.381 e. The Kier molecular flexibility index (Phi) is 6.49. The van der Waals surface area contributed by atoms with Crippen LogP contribution in [-0.2, 0) is 9.53 Å². The first-order valence-corrected chi connectivity index (χ1v) is 8.76. The summed E-state index contributed by atoms with van der Waals surface area (Å²) in [5.41, 5.74) is 0. The summed E-state index contributed by atoms with van der Waals surface area (Å²) >= 11 is 0. The van der Waals surface area contributed by atoms with Crippen LogP contribution in [0.3, 0.4) is 0 Å². The zero-order chi connectivity index (χ0) is 15.2. The molecule has 2 aliphatic rings. The van der Waals surface area contributed by atoms with Crippen molar-refractivity contribution in [2.45, 2.75) is 71.5 Å². The van der Waals surface area contributed by atoms with E-state index in [1.165, 1.54) is 12.8 Å². The number of hydrogen-bond acceptors (Lipinski definition) is 3. The van der Waals surface area contributed by atoms with E-state index in [1.807, 2.05) is 0 Å². The summed E-state index contributed by atoms with van der Waals surface area (Å²) in [5.74, 6) is 1.72. The van der Waals surface area contributed by atoms with Gasteiger partial charge in [0.05, 0.1) is 12.2 Å². The summed E-state index contributed by atoms with van der Waals surface area (Å²) in [6, 6.07) is 0.0335. The van der Waals surface area contributed by atoms with Crippen molar-refractivity contribution in [1.82, 2.24) is 10.2 Å². The molecule has 2 fully saturated rings. The van der Waals surface area contributed by atoms with E-state index < -0.39 is 0 Å². The van der Waals surface area contributed by atoms with Crippen LogP contribution in [0.4, 0.5) is 0 Å². The van der Waals surface area contributed by atoms with Crippen LogP contribution in [0.5, 0.6) is 0 Å². The van der Waals surface area contributed by atoms with Gasteiger partial charge >= 0.3 is 0 Å². The molecule has 0 aromatic rings. The Morgan fingerprint density at radius 2 is 2.14 bits per heavy atom. The van der Waals surface area contributed by atoms with E-state index in [4.69, 9.17) is 4.74 Å².